The summed E-state index contributed by atoms with van der Waals surface area (Å²) in [5, 5.41) is 13.2. The molecule has 0 amide bonds. The van der Waals surface area contributed by atoms with Crippen molar-refractivity contribution in [3.63, 3.8) is 0 Å². The molecule has 120 valence electrons. The monoisotopic (exact) mass is 322 g/mol. The third-order valence-electron chi connectivity index (χ3n) is 3.33. The summed E-state index contributed by atoms with van der Waals surface area (Å²) in [7, 11) is 5.10. The maximum Gasteiger partial charge on any atom is 0.170 e. The van der Waals surface area contributed by atoms with Crippen molar-refractivity contribution >= 4 is 22.7 Å². The van der Waals surface area contributed by atoms with E-state index in [1.807, 2.05) is 23.7 Å². The van der Waals surface area contributed by atoms with E-state index in [4.69, 9.17) is 19.9 Å². The fraction of sp³-hybridized carbons (Fsp3) is 0.467. The van der Waals surface area contributed by atoms with Gasteiger partial charge in [-0.15, -0.1) is 0 Å². The van der Waals surface area contributed by atoms with Gasteiger partial charge in [0.25, 0.3) is 0 Å². The van der Waals surface area contributed by atoms with Gasteiger partial charge in [-0.1, -0.05) is 18.7 Å². The van der Waals surface area contributed by atoms with E-state index in [1.54, 1.807) is 26.0 Å². The molecule has 0 unspecified atom stereocenters. The van der Waals surface area contributed by atoms with E-state index in [1.165, 1.54) is 0 Å². The van der Waals surface area contributed by atoms with Gasteiger partial charge in [0.15, 0.2) is 16.7 Å². The van der Waals surface area contributed by atoms with E-state index in [9.17, 15) is 0 Å². The minimum atomic E-state index is 0.442. The Morgan fingerprint density at radius 3 is 2.55 bits per heavy atom. The number of fused-ring (bicyclic) bond motifs is 1. The van der Waals surface area contributed by atoms with Crippen LogP contribution < -0.4 is 20.3 Å². The summed E-state index contributed by atoms with van der Waals surface area (Å²) in [6.07, 6.45) is 0. The lowest BCUT2D eigenvalue weighted by Crippen LogP contribution is -2.28. The van der Waals surface area contributed by atoms with Gasteiger partial charge in [-0.05, 0) is 18.9 Å². The Balaban J connectivity index is 2.69. The van der Waals surface area contributed by atoms with Crippen molar-refractivity contribution in [1.82, 2.24) is 14.9 Å². The first kappa shape index (κ1) is 16.6. The molecule has 22 heavy (non-hydrogen) atoms. The molecule has 0 bridgehead atoms. The SMILES string of the molecule is CCSc1nc2cc(OC)c(OC)cc2c(=N)n1CCNC. The molecule has 0 saturated carbocycles. The van der Waals surface area contributed by atoms with Crippen LogP contribution in [0.2, 0.25) is 0 Å². The first-order valence-electron chi connectivity index (χ1n) is 7.14. The molecule has 0 atom stereocenters. The number of aromatic nitrogens is 2. The fourth-order valence-electron chi connectivity index (χ4n) is 2.23. The van der Waals surface area contributed by atoms with Gasteiger partial charge < -0.3 is 19.4 Å². The van der Waals surface area contributed by atoms with Gasteiger partial charge in [0.1, 0.15) is 5.49 Å². The average Bonchev–Trinajstić information content (AvgIpc) is 2.53. The number of nitrogens with one attached hydrogen (secondary N) is 2. The minimum absolute atomic E-state index is 0.442. The highest BCUT2D eigenvalue weighted by Gasteiger charge is 2.13. The van der Waals surface area contributed by atoms with Crippen LogP contribution in [0.15, 0.2) is 17.3 Å². The number of nitrogens with zero attached hydrogens (tertiary/aromatic N) is 2. The summed E-state index contributed by atoms with van der Waals surface area (Å²) in [5.41, 5.74) is 1.19. The molecule has 0 spiro atoms. The molecule has 0 aliphatic heterocycles. The van der Waals surface area contributed by atoms with Crippen LogP contribution in [0, 0.1) is 5.41 Å². The number of thioether (sulfide) groups is 1. The van der Waals surface area contributed by atoms with Crippen molar-refractivity contribution < 1.29 is 9.47 Å². The number of benzene rings is 1. The molecule has 7 heteroatoms. The molecule has 0 saturated heterocycles. The summed E-state index contributed by atoms with van der Waals surface area (Å²) in [6, 6.07) is 3.65. The topological polar surface area (TPSA) is 72.2 Å². The zero-order valence-corrected chi connectivity index (χ0v) is 14.2. The maximum atomic E-state index is 8.52. The highest BCUT2D eigenvalue weighted by Crippen LogP contribution is 2.30. The summed E-state index contributed by atoms with van der Waals surface area (Å²) >= 11 is 1.64. The van der Waals surface area contributed by atoms with Crippen molar-refractivity contribution in [2.24, 2.45) is 0 Å². The van der Waals surface area contributed by atoms with Gasteiger partial charge in [0, 0.05) is 24.5 Å². The van der Waals surface area contributed by atoms with Crippen molar-refractivity contribution in [2.75, 3.05) is 33.6 Å². The van der Waals surface area contributed by atoms with E-state index >= 15 is 0 Å². The average molecular weight is 322 g/mol. The predicted octanol–water partition coefficient (Wildman–Crippen LogP) is 1.86. The lowest BCUT2D eigenvalue weighted by molar-refractivity contribution is 0.355. The molecule has 2 rings (SSSR count). The minimum Gasteiger partial charge on any atom is -0.493 e. The van der Waals surface area contributed by atoms with Crippen LogP contribution in [-0.2, 0) is 6.54 Å². The molecule has 0 radical (unpaired) electrons. The Hall–Kier alpha value is -1.73. The second kappa shape index (κ2) is 7.51. The number of hydrogen-bond donors (Lipinski definition) is 2. The molecular formula is C15H22N4O2S. The standard InChI is InChI=1S/C15H22N4O2S/c1-5-22-15-18-11-9-13(21-4)12(20-3)8-10(11)14(16)19(15)7-6-17-2/h8-9,16-17H,5-7H2,1-4H3. The fourth-order valence-corrected chi connectivity index (χ4v) is 2.98. The summed E-state index contributed by atoms with van der Waals surface area (Å²) in [4.78, 5) is 4.71. The molecule has 0 fully saturated rings. The van der Waals surface area contributed by atoms with Crippen LogP contribution in [0.25, 0.3) is 10.9 Å². The van der Waals surface area contributed by atoms with Gasteiger partial charge >= 0.3 is 0 Å². The third-order valence-corrected chi connectivity index (χ3v) is 4.19. The second-order valence-corrected chi connectivity index (χ2v) is 5.89. The lowest BCUT2D eigenvalue weighted by atomic mass is 10.2. The predicted molar refractivity (Wildman–Crippen MR) is 89.0 cm³/mol. The van der Waals surface area contributed by atoms with Crippen molar-refractivity contribution in [3.05, 3.63) is 17.6 Å². The normalized spacial score (nSPS) is 10.9. The molecule has 0 aliphatic carbocycles. The second-order valence-electron chi connectivity index (χ2n) is 4.66. The lowest BCUT2D eigenvalue weighted by Gasteiger charge is -2.15. The first-order chi connectivity index (χ1) is 10.7. The quantitative estimate of drug-likeness (QED) is 0.601. The molecule has 6 nitrogen and oxygen atoms in total. The Morgan fingerprint density at radius 1 is 1.27 bits per heavy atom. The molecule has 2 N–H and O–H groups in total. The van der Waals surface area contributed by atoms with E-state index < -0.39 is 0 Å². The van der Waals surface area contributed by atoms with E-state index in [0.717, 1.165) is 28.4 Å². The van der Waals surface area contributed by atoms with E-state index in [-0.39, 0.29) is 0 Å². The van der Waals surface area contributed by atoms with Crippen molar-refractivity contribution in [3.8, 4) is 11.5 Å². The number of rotatable bonds is 7. The molecule has 0 aliphatic rings. The van der Waals surface area contributed by atoms with Crippen LogP contribution in [0.3, 0.4) is 0 Å². The Bertz CT molecular complexity index is 715. The summed E-state index contributed by atoms with van der Waals surface area (Å²) in [5.74, 6) is 2.15. The van der Waals surface area contributed by atoms with Crippen LogP contribution in [0.5, 0.6) is 11.5 Å². The van der Waals surface area contributed by atoms with Crippen LogP contribution in [0.1, 0.15) is 6.92 Å². The molecule has 1 heterocycles. The summed E-state index contributed by atoms with van der Waals surface area (Å²) < 4.78 is 12.6. The highest BCUT2D eigenvalue weighted by molar-refractivity contribution is 7.99. The number of hydrogen-bond acceptors (Lipinski definition) is 6. The largest absolute Gasteiger partial charge is 0.493 e. The molecule has 1 aromatic heterocycles. The summed E-state index contributed by atoms with van der Waals surface area (Å²) in [6.45, 7) is 3.57. The number of methoxy groups -OCH3 is 2. The zero-order valence-electron chi connectivity index (χ0n) is 13.4. The van der Waals surface area contributed by atoms with Crippen molar-refractivity contribution in [2.45, 2.75) is 18.6 Å². The van der Waals surface area contributed by atoms with Gasteiger partial charge in [0.05, 0.1) is 19.7 Å². The van der Waals surface area contributed by atoms with E-state index in [2.05, 4.69) is 12.2 Å². The van der Waals surface area contributed by atoms with Crippen LogP contribution in [0.4, 0.5) is 0 Å². The van der Waals surface area contributed by atoms with Crippen LogP contribution >= 0.6 is 11.8 Å². The van der Waals surface area contributed by atoms with Crippen LogP contribution in [-0.4, -0.2) is 43.1 Å². The van der Waals surface area contributed by atoms with Gasteiger partial charge in [0.2, 0.25) is 0 Å². The highest BCUT2D eigenvalue weighted by atomic mass is 32.2. The molecule has 1 aromatic carbocycles. The van der Waals surface area contributed by atoms with Gasteiger partial charge in [-0.25, -0.2) is 4.98 Å². The Labute approximate surface area is 134 Å². The molecular weight excluding hydrogens is 300 g/mol. The molecule has 2 aromatic rings. The Kier molecular flexibility index (Phi) is 5.68. The zero-order chi connectivity index (χ0) is 16.1. The van der Waals surface area contributed by atoms with Crippen molar-refractivity contribution in [1.29, 1.82) is 5.41 Å². The maximum absolute atomic E-state index is 8.52. The smallest absolute Gasteiger partial charge is 0.170 e. The third kappa shape index (κ3) is 3.20. The Morgan fingerprint density at radius 2 is 1.95 bits per heavy atom. The number of likely N-dealkylation sites (N-methyl/N-ethyl adjacent to an activating group) is 1. The van der Waals surface area contributed by atoms with E-state index in [0.29, 0.717) is 23.5 Å². The van der Waals surface area contributed by atoms with Gasteiger partial charge in [-0.2, -0.15) is 0 Å². The number of ether oxygens (including phenoxy) is 2. The van der Waals surface area contributed by atoms with Gasteiger partial charge in [-0.3, -0.25) is 5.41 Å². The first-order valence-corrected chi connectivity index (χ1v) is 8.13.